The van der Waals surface area contributed by atoms with Crippen LogP contribution in [0.5, 0.6) is 0 Å². The molecule has 58 valence electrons. The fourth-order valence-electron chi connectivity index (χ4n) is 1.04. The fourth-order valence-corrected chi connectivity index (χ4v) is 1.04. The number of nitrogens with one attached hydrogen (secondary N) is 3. The maximum Gasteiger partial charge on any atom is 0.314 e. The Morgan fingerprint density at radius 3 is 3.00 bits per heavy atom. The molecule has 1 saturated heterocycles. The fraction of sp³-hybridized carbons (Fsp3) is 0.833. The molecule has 2 amide bonds. The SMILES string of the molecule is CNC(=O)N[C@H]1CCNC1. The number of rotatable bonds is 1. The molecule has 0 aliphatic carbocycles. The molecule has 0 aromatic carbocycles. The Kier molecular flexibility index (Phi) is 2.50. The minimum absolute atomic E-state index is 0.0892. The lowest BCUT2D eigenvalue weighted by molar-refractivity contribution is 0.240. The molecule has 1 aliphatic rings. The van der Waals surface area contributed by atoms with E-state index in [4.69, 9.17) is 0 Å². The van der Waals surface area contributed by atoms with Gasteiger partial charge in [-0.05, 0) is 13.0 Å². The van der Waals surface area contributed by atoms with E-state index < -0.39 is 0 Å². The Morgan fingerprint density at radius 2 is 2.50 bits per heavy atom. The van der Waals surface area contributed by atoms with E-state index in [-0.39, 0.29) is 6.03 Å². The average Bonchev–Trinajstić information content (AvgIpc) is 2.40. The van der Waals surface area contributed by atoms with Gasteiger partial charge in [-0.3, -0.25) is 0 Å². The molecule has 1 atom stereocenters. The third-order valence-electron chi connectivity index (χ3n) is 1.62. The second-order valence-electron chi connectivity index (χ2n) is 2.41. The summed E-state index contributed by atoms with van der Waals surface area (Å²) in [6.07, 6.45) is 1.04. The summed E-state index contributed by atoms with van der Waals surface area (Å²) in [5, 5.41) is 8.49. The van der Waals surface area contributed by atoms with Gasteiger partial charge < -0.3 is 16.0 Å². The Hall–Kier alpha value is -0.770. The van der Waals surface area contributed by atoms with Crippen LogP contribution in [0.25, 0.3) is 0 Å². The maximum atomic E-state index is 10.7. The molecular weight excluding hydrogens is 130 g/mol. The molecule has 1 rings (SSSR count). The van der Waals surface area contributed by atoms with Gasteiger partial charge in [0.05, 0.1) is 0 Å². The van der Waals surface area contributed by atoms with Gasteiger partial charge in [0.1, 0.15) is 0 Å². The van der Waals surface area contributed by atoms with Crippen molar-refractivity contribution in [3.8, 4) is 0 Å². The van der Waals surface area contributed by atoms with Crippen LogP contribution in [0.15, 0.2) is 0 Å². The molecule has 4 nitrogen and oxygen atoms in total. The second kappa shape index (κ2) is 3.41. The summed E-state index contributed by atoms with van der Waals surface area (Å²) in [4.78, 5) is 10.7. The van der Waals surface area contributed by atoms with Gasteiger partial charge in [-0.2, -0.15) is 0 Å². The molecule has 0 unspecified atom stereocenters. The van der Waals surface area contributed by atoms with Gasteiger partial charge in [0.15, 0.2) is 0 Å². The first-order valence-corrected chi connectivity index (χ1v) is 3.52. The second-order valence-corrected chi connectivity index (χ2v) is 2.41. The predicted molar refractivity (Wildman–Crippen MR) is 38.9 cm³/mol. The molecule has 10 heavy (non-hydrogen) atoms. The largest absolute Gasteiger partial charge is 0.341 e. The summed E-state index contributed by atoms with van der Waals surface area (Å²) in [6.45, 7) is 1.90. The normalized spacial score (nSPS) is 24.3. The van der Waals surface area contributed by atoms with Crippen molar-refractivity contribution in [2.24, 2.45) is 0 Å². The van der Waals surface area contributed by atoms with Gasteiger partial charge in [0.2, 0.25) is 0 Å². The first kappa shape index (κ1) is 7.34. The van der Waals surface area contributed by atoms with E-state index in [2.05, 4.69) is 16.0 Å². The molecule has 4 heteroatoms. The van der Waals surface area contributed by atoms with Crippen LogP contribution in [0.4, 0.5) is 4.79 Å². The summed E-state index contributed by atoms with van der Waals surface area (Å²) in [5.41, 5.74) is 0. The van der Waals surface area contributed by atoms with Crippen molar-refractivity contribution in [1.29, 1.82) is 0 Å². The van der Waals surface area contributed by atoms with Crippen LogP contribution in [-0.2, 0) is 0 Å². The lowest BCUT2D eigenvalue weighted by Gasteiger charge is -2.09. The van der Waals surface area contributed by atoms with Crippen LogP contribution < -0.4 is 16.0 Å². The summed E-state index contributed by atoms with van der Waals surface area (Å²) in [5.74, 6) is 0. The van der Waals surface area contributed by atoms with Gasteiger partial charge in [-0.1, -0.05) is 0 Å². The molecule has 0 spiro atoms. The summed E-state index contributed by atoms with van der Waals surface area (Å²) < 4.78 is 0. The molecule has 0 radical (unpaired) electrons. The van der Waals surface area contributed by atoms with Crippen molar-refractivity contribution in [3.63, 3.8) is 0 Å². The van der Waals surface area contributed by atoms with Crippen molar-refractivity contribution in [2.45, 2.75) is 12.5 Å². The lowest BCUT2D eigenvalue weighted by atomic mass is 10.3. The average molecular weight is 143 g/mol. The highest BCUT2D eigenvalue weighted by molar-refractivity contribution is 5.73. The van der Waals surface area contributed by atoms with Gasteiger partial charge in [0, 0.05) is 19.6 Å². The minimum atomic E-state index is -0.0892. The van der Waals surface area contributed by atoms with E-state index in [0.29, 0.717) is 6.04 Å². The molecule has 1 fully saturated rings. The van der Waals surface area contributed by atoms with E-state index in [9.17, 15) is 4.79 Å². The van der Waals surface area contributed by atoms with Gasteiger partial charge >= 0.3 is 6.03 Å². The molecule has 0 aromatic heterocycles. The van der Waals surface area contributed by atoms with E-state index in [1.807, 2.05) is 0 Å². The van der Waals surface area contributed by atoms with Crippen LogP contribution in [0, 0.1) is 0 Å². The quantitative estimate of drug-likeness (QED) is 0.453. The van der Waals surface area contributed by atoms with Crippen LogP contribution in [0.2, 0.25) is 0 Å². The monoisotopic (exact) mass is 143 g/mol. The van der Waals surface area contributed by atoms with Crippen molar-refractivity contribution < 1.29 is 4.79 Å². The summed E-state index contributed by atoms with van der Waals surface area (Å²) in [6, 6.07) is 0.230. The molecule has 0 saturated carbocycles. The van der Waals surface area contributed by atoms with Crippen molar-refractivity contribution in [2.75, 3.05) is 20.1 Å². The summed E-state index contributed by atoms with van der Waals surface area (Å²) >= 11 is 0. The third kappa shape index (κ3) is 1.88. The zero-order valence-corrected chi connectivity index (χ0v) is 6.11. The predicted octanol–water partition coefficient (Wildman–Crippen LogP) is -0.723. The molecule has 1 aliphatic heterocycles. The smallest absolute Gasteiger partial charge is 0.314 e. The number of amides is 2. The Balaban J connectivity index is 2.17. The molecule has 0 bridgehead atoms. The first-order chi connectivity index (χ1) is 4.83. The minimum Gasteiger partial charge on any atom is -0.341 e. The number of carbonyl (C=O) groups is 1. The zero-order valence-electron chi connectivity index (χ0n) is 6.11. The number of hydrogen-bond donors (Lipinski definition) is 3. The number of hydrogen-bond acceptors (Lipinski definition) is 2. The van der Waals surface area contributed by atoms with Crippen LogP contribution >= 0.6 is 0 Å². The topological polar surface area (TPSA) is 53.2 Å². The Morgan fingerprint density at radius 1 is 1.70 bits per heavy atom. The van der Waals surface area contributed by atoms with E-state index >= 15 is 0 Å². The molecule has 3 N–H and O–H groups in total. The van der Waals surface area contributed by atoms with E-state index in [1.54, 1.807) is 7.05 Å². The molecular formula is C6H13N3O. The third-order valence-corrected chi connectivity index (χ3v) is 1.62. The highest BCUT2D eigenvalue weighted by Gasteiger charge is 2.14. The molecule has 0 aromatic rings. The first-order valence-electron chi connectivity index (χ1n) is 3.52. The zero-order chi connectivity index (χ0) is 7.40. The lowest BCUT2D eigenvalue weighted by Crippen LogP contribution is -2.41. The van der Waals surface area contributed by atoms with Crippen LogP contribution in [-0.4, -0.2) is 32.2 Å². The van der Waals surface area contributed by atoms with Gasteiger partial charge in [0.25, 0.3) is 0 Å². The highest BCUT2D eigenvalue weighted by atomic mass is 16.2. The van der Waals surface area contributed by atoms with E-state index in [0.717, 1.165) is 19.5 Å². The highest BCUT2D eigenvalue weighted by Crippen LogP contribution is 1.95. The van der Waals surface area contributed by atoms with Gasteiger partial charge in [-0.25, -0.2) is 4.79 Å². The standard InChI is InChI=1S/C6H13N3O/c1-7-6(10)9-5-2-3-8-4-5/h5,8H,2-4H2,1H3,(H2,7,9,10)/t5-/m0/s1. The van der Waals surface area contributed by atoms with Crippen LogP contribution in [0.1, 0.15) is 6.42 Å². The van der Waals surface area contributed by atoms with Crippen LogP contribution in [0.3, 0.4) is 0 Å². The summed E-state index contributed by atoms with van der Waals surface area (Å²) in [7, 11) is 1.62. The van der Waals surface area contributed by atoms with Crippen molar-refractivity contribution in [1.82, 2.24) is 16.0 Å². The van der Waals surface area contributed by atoms with E-state index in [1.165, 1.54) is 0 Å². The maximum absolute atomic E-state index is 10.7. The van der Waals surface area contributed by atoms with Crippen molar-refractivity contribution in [3.05, 3.63) is 0 Å². The number of carbonyl (C=O) groups excluding carboxylic acids is 1. The molecule has 1 heterocycles. The van der Waals surface area contributed by atoms with Gasteiger partial charge in [-0.15, -0.1) is 0 Å². The number of urea groups is 1. The Labute approximate surface area is 60.4 Å². The van der Waals surface area contributed by atoms with Crippen molar-refractivity contribution >= 4 is 6.03 Å². The Bertz CT molecular complexity index is 120.